The molecule has 0 radical (unpaired) electrons. The zero-order valence-corrected chi connectivity index (χ0v) is 16.6. The van der Waals surface area contributed by atoms with Crippen LogP contribution in [0.3, 0.4) is 0 Å². The van der Waals surface area contributed by atoms with E-state index in [0.29, 0.717) is 40.9 Å². The maximum atomic E-state index is 12.6. The van der Waals surface area contributed by atoms with Crippen LogP contribution in [0.15, 0.2) is 54.7 Å². The van der Waals surface area contributed by atoms with Crippen LogP contribution in [0.25, 0.3) is 11.4 Å². The van der Waals surface area contributed by atoms with E-state index < -0.39 is 0 Å². The molecule has 8 nitrogen and oxygen atoms in total. The van der Waals surface area contributed by atoms with Gasteiger partial charge in [0.15, 0.2) is 0 Å². The number of carbonyl (C=O) groups excluding carboxylic acids is 1. The van der Waals surface area contributed by atoms with E-state index in [0.717, 1.165) is 13.0 Å². The fourth-order valence-electron chi connectivity index (χ4n) is 2.70. The highest BCUT2D eigenvalue weighted by molar-refractivity contribution is 6.04. The lowest BCUT2D eigenvalue weighted by Crippen LogP contribution is -2.18. The van der Waals surface area contributed by atoms with Gasteiger partial charge >= 0.3 is 0 Å². The van der Waals surface area contributed by atoms with Gasteiger partial charge in [0.1, 0.15) is 5.82 Å². The van der Waals surface area contributed by atoms with Crippen molar-refractivity contribution in [3.63, 3.8) is 0 Å². The van der Waals surface area contributed by atoms with Crippen molar-refractivity contribution in [3.05, 3.63) is 60.3 Å². The number of aromatic nitrogens is 3. The zero-order chi connectivity index (χ0) is 20.6. The van der Waals surface area contributed by atoms with Crippen LogP contribution in [0.2, 0.25) is 0 Å². The molecule has 0 fully saturated rings. The highest BCUT2D eigenvalue weighted by Gasteiger charge is 2.12. The second-order valence-electron chi connectivity index (χ2n) is 6.84. The Kier molecular flexibility index (Phi) is 6.70. The molecule has 150 valence electrons. The number of benzene rings is 1. The maximum Gasteiger partial charge on any atom is 0.256 e. The summed E-state index contributed by atoms with van der Waals surface area (Å²) in [6.07, 6.45) is 2.64. The Morgan fingerprint density at radius 3 is 2.66 bits per heavy atom. The summed E-state index contributed by atoms with van der Waals surface area (Å²) < 4.78 is 0. The summed E-state index contributed by atoms with van der Waals surface area (Å²) >= 11 is 0. The molecular weight excluding hydrogens is 366 g/mol. The largest absolute Gasteiger partial charge is 0.399 e. The number of nitrogens with zero attached hydrogens (tertiary/aromatic N) is 4. The molecule has 0 atom stereocenters. The lowest BCUT2D eigenvalue weighted by molar-refractivity contribution is 0.102. The van der Waals surface area contributed by atoms with Crippen LogP contribution in [-0.4, -0.2) is 52.9 Å². The average molecular weight is 391 g/mol. The molecule has 0 aliphatic rings. The first-order chi connectivity index (χ1) is 14.0. The quantitative estimate of drug-likeness (QED) is 0.400. The van der Waals surface area contributed by atoms with Gasteiger partial charge in [-0.1, -0.05) is 12.1 Å². The molecule has 3 rings (SSSR count). The van der Waals surface area contributed by atoms with Crippen LogP contribution in [0.4, 0.5) is 17.5 Å². The number of amides is 1. The Labute approximate surface area is 170 Å². The molecule has 0 aliphatic heterocycles. The van der Waals surface area contributed by atoms with E-state index in [2.05, 4.69) is 30.5 Å². The molecule has 0 saturated carbocycles. The van der Waals surface area contributed by atoms with Gasteiger partial charge in [0.2, 0.25) is 5.95 Å². The fourth-order valence-corrected chi connectivity index (χ4v) is 2.70. The van der Waals surface area contributed by atoms with E-state index in [-0.39, 0.29) is 5.91 Å². The number of nitrogens with two attached hydrogens (primary N) is 1. The second-order valence-corrected chi connectivity index (χ2v) is 6.84. The van der Waals surface area contributed by atoms with Gasteiger partial charge in [0.25, 0.3) is 5.91 Å². The van der Waals surface area contributed by atoms with Crippen molar-refractivity contribution in [1.29, 1.82) is 0 Å². The Bertz CT molecular complexity index is 960. The molecule has 0 unspecified atom stereocenters. The van der Waals surface area contributed by atoms with Crippen molar-refractivity contribution in [2.24, 2.45) is 0 Å². The highest BCUT2D eigenvalue weighted by atomic mass is 16.1. The molecule has 2 heterocycles. The summed E-state index contributed by atoms with van der Waals surface area (Å²) in [6, 6.07) is 14.1. The first kappa shape index (κ1) is 20.2. The number of rotatable bonds is 8. The molecule has 1 amide bonds. The van der Waals surface area contributed by atoms with Gasteiger partial charge in [-0.25, -0.2) is 4.98 Å². The summed E-state index contributed by atoms with van der Waals surface area (Å²) in [5.41, 5.74) is 8.09. The Balaban J connectivity index is 1.82. The van der Waals surface area contributed by atoms with Crippen molar-refractivity contribution in [3.8, 4) is 11.4 Å². The lowest BCUT2D eigenvalue weighted by atomic mass is 10.2. The SMILES string of the molecule is CN(C)CCCNc1nc(NC(=O)c2cccc(N)c2)cc(-c2ccccn2)n1. The number of pyridine rings is 1. The molecule has 0 bridgehead atoms. The van der Waals surface area contributed by atoms with Crippen molar-refractivity contribution in [2.45, 2.75) is 6.42 Å². The molecule has 0 saturated heterocycles. The maximum absolute atomic E-state index is 12.6. The number of nitrogens with one attached hydrogen (secondary N) is 2. The molecular formula is C21H25N7O. The topological polar surface area (TPSA) is 109 Å². The normalized spacial score (nSPS) is 10.7. The summed E-state index contributed by atoms with van der Waals surface area (Å²) in [5, 5.41) is 6.05. The fraction of sp³-hybridized carbons (Fsp3) is 0.238. The third-order valence-electron chi connectivity index (χ3n) is 4.11. The van der Waals surface area contributed by atoms with E-state index in [9.17, 15) is 4.79 Å². The van der Waals surface area contributed by atoms with Gasteiger partial charge in [0, 0.05) is 30.1 Å². The number of carbonyl (C=O) groups is 1. The van der Waals surface area contributed by atoms with Crippen molar-refractivity contribution in [2.75, 3.05) is 43.6 Å². The number of hydrogen-bond acceptors (Lipinski definition) is 7. The van der Waals surface area contributed by atoms with Crippen molar-refractivity contribution in [1.82, 2.24) is 19.9 Å². The Morgan fingerprint density at radius 1 is 1.07 bits per heavy atom. The lowest BCUT2D eigenvalue weighted by Gasteiger charge is -2.12. The van der Waals surface area contributed by atoms with Crippen LogP contribution >= 0.6 is 0 Å². The molecule has 0 aliphatic carbocycles. The van der Waals surface area contributed by atoms with Crippen molar-refractivity contribution < 1.29 is 4.79 Å². The minimum atomic E-state index is -0.290. The van der Waals surface area contributed by atoms with Gasteiger partial charge in [-0.05, 0) is 57.4 Å². The predicted octanol–water partition coefficient (Wildman–Crippen LogP) is 2.74. The van der Waals surface area contributed by atoms with Crippen LogP contribution in [-0.2, 0) is 0 Å². The molecule has 3 aromatic rings. The first-order valence-electron chi connectivity index (χ1n) is 9.37. The van der Waals surface area contributed by atoms with Gasteiger partial charge < -0.3 is 21.3 Å². The zero-order valence-electron chi connectivity index (χ0n) is 16.6. The minimum absolute atomic E-state index is 0.290. The minimum Gasteiger partial charge on any atom is -0.399 e. The summed E-state index contributed by atoms with van der Waals surface area (Å²) in [5.74, 6) is 0.541. The van der Waals surface area contributed by atoms with E-state index in [4.69, 9.17) is 5.73 Å². The van der Waals surface area contributed by atoms with E-state index in [1.54, 1.807) is 36.5 Å². The van der Waals surface area contributed by atoms with E-state index in [1.165, 1.54) is 0 Å². The van der Waals surface area contributed by atoms with Gasteiger partial charge in [-0.2, -0.15) is 4.98 Å². The monoisotopic (exact) mass is 391 g/mol. The van der Waals surface area contributed by atoms with Crippen LogP contribution in [0, 0.1) is 0 Å². The third kappa shape index (κ3) is 5.98. The standard InChI is InChI=1S/C21H25N7O/c1-28(2)12-6-11-24-21-25-18(17-9-3-4-10-23-17)14-19(27-21)26-20(29)15-7-5-8-16(22)13-15/h3-5,7-10,13-14H,6,11-12,22H2,1-2H3,(H2,24,25,26,27,29). The third-order valence-corrected chi connectivity index (χ3v) is 4.11. The first-order valence-corrected chi connectivity index (χ1v) is 9.37. The van der Waals surface area contributed by atoms with Crippen LogP contribution in [0.1, 0.15) is 16.8 Å². The smallest absolute Gasteiger partial charge is 0.256 e. The number of hydrogen-bond donors (Lipinski definition) is 3. The van der Waals surface area contributed by atoms with Crippen molar-refractivity contribution >= 4 is 23.4 Å². The molecule has 2 aromatic heterocycles. The summed E-state index contributed by atoms with van der Waals surface area (Å²) in [6.45, 7) is 1.67. The van der Waals surface area contributed by atoms with E-state index >= 15 is 0 Å². The Morgan fingerprint density at radius 2 is 1.93 bits per heavy atom. The summed E-state index contributed by atoms with van der Waals surface area (Å²) in [4.78, 5) is 28.0. The molecule has 4 N–H and O–H groups in total. The molecule has 1 aromatic carbocycles. The molecule has 8 heteroatoms. The van der Waals surface area contributed by atoms with Gasteiger partial charge in [0.05, 0.1) is 11.4 Å². The highest BCUT2D eigenvalue weighted by Crippen LogP contribution is 2.20. The average Bonchev–Trinajstić information content (AvgIpc) is 2.71. The Hall–Kier alpha value is -3.52. The van der Waals surface area contributed by atoms with E-state index in [1.807, 2.05) is 32.3 Å². The number of anilines is 3. The predicted molar refractivity (Wildman–Crippen MR) is 116 cm³/mol. The number of nitrogen functional groups attached to an aromatic ring is 1. The summed E-state index contributed by atoms with van der Waals surface area (Å²) in [7, 11) is 4.06. The van der Waals surface area contributed by atoms with Crippen LogP contribution in [0.5, 0.6) is 0 Å². The molecule has 29 heavy (non-hydrogen) atoms. The van der Waals surface area contributed by atoms with Gasteiger partial charge in [-0.3, -0.25) is 9.78 Å². The molecule has 0 spiro atoms. The second kappa shape index (κ2) is 9.61. The van der Waals surface area contributed by atoms with Crippen LogP contribution < -0.4 is 16.4 Å². The van der Waals surface area contributed by atoms with Gasteiger partial charge in [-0.15, -0.1) is 0 Å².